The van der Waals surface area contributed by atoms with Crippen molar-refractivity contribution in [3.8, 4) is 23.9 Å². The molecular formula is C42H53ClN10O10S4. The number of pyridine rings is 4. The van der Waals surface area contributed by atoms with Gasteiger partial charge in [-0.05, 0) is 102 Å². The lowest BCUT2D eigenvalue weighted by molar-refractivity contribution is 0.396. The van der Waals surface area contributed by atoms with Gasteiger partial charge in [0, 0.05) is 69.0 Å². The molecule has 0 spiro atoms. The fourth-order valence-electron chi connectivity index (χ4n) is 7.46. The lowest BCUT2D eigenvalue weighted by atomic mass is 10.2. The number of methoxy groups -OCH3 is 2. The van der Waals surface area contributed by atoms with Crippen molar-refractivity contribution in [3.63, 3.8) is 0 Å². The zero-order valence-electron chi connectivity index (χ0n) is 37.4. The van der Waals surface area contributed by atoms with Gasteiger partial charge in [-0.1, -0.05) is 11.6 Å². The number of hydrogen-bond acceptors (Lipinski definition) is 16. The first-order valence-corrected chi connectivity index (χ1v) is 27.3. The topological polar surface area (TPSA) is 267 Å². The van der Waals surface area contributed by atoms with Crippen molar-refractivity contribution in [1.82, 2.24) is 37.2 Å². The molecule has 0 saturated carbocycles. The van der Waals surface area contributed by atoms with Gasteiger partial charge < -0.3 is 9.47 Å². The number of ether oxygens (including phenoxy) is 2. The lowest BCUT2D eigenvalue weighted by Crippen LogP contribution is -2.34. The predicted octanol–water partition coefficient (Wildman–Crippen LogP) is 4.62. The van der Waals surface area contributed by atoms with Gasteiger partial charge >= 0.3 is 0 Å². The van der Waals surface area contributed by atoms with Crippen LogP contribution in [0.25, 0.3) is 0 Å². The Kier molecular flexibility index (Phi) is 18.5. The third-order valence-corrected chi connectivity index (χ3v) is 19.0. The van der Waals surface area contributed by atoms with Gasteiger partial charge in [0.05, 0.1) is 38.8 Å². The zero-order valence-corrected chi connectivity index (χ0v) is 41.4. The van der Waals surface area contributed by atoms with Crippen LogP contribution in [0.5, 0.6) is 11.8 Å². The van der Waals surface area contributed by atoms with Crippen LogP contribution in [0.1, 0.15) is 64.0 Å². The maximum atomic E-state index is 12.3. The van der Waals surface area contributed by atoms with Crippen molar-refractivity contribution in [1.29, 1.82) is 10.5 Å². The number of aromatic nitrogens is 4. The van der Waals surface area contributed by atoms with Crippen molar-refractivity contribution in [2.75, 3.05) is 46.9 Å². The van der Waals surface area contributed by atoms with Crippen LogP contribution in [0.3, 0.4) is 0 Å². The summed E-state index contributed by atoms with van der Waals surface area (Å²) in [4.78, 5) is 16.3. The minimum absolute atomic E-state index is 0.0732. The van der Waals surface area contributed by atoms with E-state index in [1.807, 2.05) is 26.0 Å². The average Bonchev–Trinajstić information content (AvgIpc) is 4.19. The first-order valence-electron chi connectivity index (χ1n) is 21.2. The molecule has 0 aromatic carbocycles. The highest BCUT2D eigenvalue weighted by Gasteiger charge is 2.37. The van der Waals surface area contributed by atoms with Gasteiger partial charge in [-0.2, -0.15) is 27.7 Å². The van der Waals surface area contributed by atoms with Gasteiger partial charge in [-0.15, -0.1) is 0 Å². The van der Waals surface area contributed by atoms with Gasteiger partial charge in [0.15, 0.2) is 0 Å². The van der Waals surface area contributed by atoms with E-state index in [1.54, 1.807) is 22.5 Å². The molecule has 4 aromatic heterocycles. The number of nitriles is 2. The Balaban J connectivity index is 0.000000167. The highest BCUT2D eigenvalue weighted by molar-refractivity contribution is 7.90. The maximum Gasteiger partial charge on any atom is 0.245 e. The molecule has 4 aliphatic heterocycles. The summed E-state index contributed by atoms with van der Waals surface area (Å²) >= 11 is 5.61. The Hall–Kier alpha value is -4.89. The molecule has 1 unspecified atom stereocenters. The van der Waals surface area contributed by atoms with E-state index in [9.17, 15) is 33.7 Å². The van der Waals surface area contributed by atoms with Crippen LogP contribution in [0.15, 0.2) is 92.9 Å². The molecule has 67 heavy (non-hydrogen) atoms. The van der Waals surface area contributed by atoms with Crippen LogP contribution in [0, 0.1) is 29.6 Å². The molecule has 0 bridgehead atoms. The van der Waals surface area contributed by atoms with Crippen molar-refractivity contribution in [2.24, 2.45) is 0 Å². The lowest BCUT2D eigenvalue weighted by Gasteiger charge is -2.20. The number of hydrogen-bond donors (Lipinski definition) is 0. The molecule has 0 radical (unpaired) electrons. The molecule has 4 aliphatic rings. The van der Waals surface area contributed by atoms with E-state index in [0.717, 1.165) is 31.4 Å². The Morgan fingerprint density at radius 3 is 1.31 bits per heavy atom. The highest BCUT2D eigenvalue weighted by atomic mass is 35.5. The average molecular weight is 1020 g/mol. The van der Waals surface area contributed by atoms with Crippen molar-refractivity contribution >= 4 is 51.7 Å². The number of halogens is 1. The minimum Gasteiger partial charge on any atom is -0.481 e. The zero-order chi connectivity index (χ0) is 49.0. The van der Waals surface area contributed by atoms with Crippen molar-refractivity contribution < 1.29 is 43.1 Å². The van der Waals surface area contributed by atoms with Crippen LogP contribution in [0.2, 0.25) is 5.15 Å². The molecule has 0 N–H and O–H groups in total. The maximum absolute atomic E-state index is 12.3. The van der Waals surface area contributed by atoms with Crippen LogP contribution in [-0.4, -0.2) is 136 Å². The van der Waals surface area contributed by atoms with Crippen LogP contribution in [-0.2, 0) is 40.1 Å². The van der Waals surface area contributed by atoms with Crippen LogP contribution in [0.4, 0.5) is 0 Å². The quantitative estimate of drug-likeness (QED) is 0.196. The molecule has 4 saturated heterocycles. The van der Waals surface area contributed by atoms with E-state index in [4.69, 9.17) is 31.6 Å². The van der Waals surface area contributed by atoms with E-state index in [-0.39, 0.29) is 25.9 Å². The fraction of sp³-hybridized carbons (Fsp3) is 0.476. The summed E-state index contributed by atoms with van der Waals surface area (Å²) in [6.45, 7) is 6.39. The molecule has 8 heterocycles. The Bertz CT molecular complexity index is 2810. The molecule has 3 atom stereocenters. The molecule has 8 rings (SSSR count). The predicted molar refractivity (Wildman–Crippen MR) is 245 cm³/mol. The Morgan fingerprint density at radius 2 is 0.940 bits per heavy atom. The Labute approximate surface area is 398 Å². The molecule has 4 aromatic rings. The van der Waals surface area contributed by atoms with Gasteiger partial charge in [-0.25, -0.2) is 48.6 Å². The molecule has 0 aliphatic carbocycles. The third kappa shape index (κ3) is 13.0. The second kappa shape index (κ2) is 23.4. The molecule has 362 valence electrons. The number of rotatable bonds is 10. The highest BCUT2D eigenvalue weighted by Crippen LogP contribution is 2.28. The molecule has 20 nitrogen and oxygen atoms in total. The molecular weight excluding hydrogens is 968 g/mol. The third-order valence-electron chi connectivity index (χ3n) is 11.1. The monoisotopic (exact) mass is 1020 g/mol. The fourth-order valence-corrected chi connectivity index (χ4v) is 13.8. The first-order chi connectivity index (χ1) is 31.8. The van der Waals surface area contributed by atoms with E-state index in [1.165, 1.54) is 82.3 Å². The number of sulfonamides is 4. The summed E-state index contributed by atoms with van der Waals surface area (Å²) < 4.78 is 113. The van der Waals surface area contributed by atoms with E-state index in [0.29, 0.717) is 75.1 Å². The number of aryl methyl sites for hydroxylation is 1. The van der Waals surface area contributed by atoms with Gasteiger partial charge in [0.1, 0.15) is 36.8 Å². The largest absolute Gasteiger partial charge is 0.481 e. The van der Waals surface area contributed by atoms with Crippen molar-refractivity contribution in [2.45, 2.75) is 103 Å². The SMILES string of the molecule is COc1ccc(S(=O)(=O)N2CCCC2)cn1.COc1ccc(S(=O)(=O)N2CCCC2C#N)cn1.Cc1ccc(S(=O)(=O)N2CCC[C@H]2C)cn1.N#C[C@@H]1CCCN1S(=O)(=O)c1ccc(Cl)nc1. The second-order valence-corrected chi connectivity index (χ2v) is 23.5. The van der Waals surface area contributed by atoms with Crippen LogP contribution < -0.4 is 9.47 Å². The van der Waals surface area contributed by atoms with Gasteiger partial charge in [0.2, 0.25) is 51.9 Å². The van der Waals surface area contributed by atoms with E-state index >= 15 is 0 Å². The molecule has 4 fully saturated rings. The van der Waals surface area contributed by atoms with Gasteiger partial charge in [-0.3, -0.25) is 4.98 Å². The number of nitrogens with zero attached hydrogens (tertiary/aromatic N) is 10. The summed E-state index contributed by atoms with van der Waals surface area (Å²) in [7, 11) is -11.0. The second-order valence-electron chi connectivity index (χ2n) is 15.5. The minimum atomic E-state index is -3.63. The van der Waals surface area contributed by atoms with Crippen LogP contribution >= 0.6 is 11.6 Å². The standard InChI is InChI=1S/C11H13N3O3S.C11H16N2O2S.C10H10ClN3O2S.C10H14N2O3S/c1-17-11-5-4-10(8-13-11)18(15,16)14-6-2-3-9(14)7-12;1-9-5-6-11(8-12-9)16(14,15)13-7-3-4-10(13)2;11-10-4-3-9(7-13-10)17(15,16)14-5-1-2-8(14)6-12;1-15-10-5-4-9(8-11-10)16(13,14)12-6-2-3-7-12/h4-5,8-9H,2-3,6H2,1H3;5-6,8,10H,3-4,7H2,1-2H3;3-4,7-8H,1-2,5H2;4-5,8H,2-3,6-7H2,1H3/t;10-;8-;/m.10./s1. The summed E-state index contributed by atoms with van der Waals surface area (Å²) in [6, 6.07) is 15.2. The summed E-state index contributed by atoms with van der Waals surface area (Å²) in [5, 5.41) is 18.1. The summed E-state index contributed by atoms with van der Waals surface area (Å²) in [5.41, 5.74) is 0.827. The van der Waals surface area contributed by atoms with E-state index < -0.39 is 52.2 Å². The Morgan fingerprint density at radius 1 is 0.537 bits per heavy atom. The first kappa shape index (κ1) is 53.1. The smallest absolute Gasteiger partial charge is 0.245 e. The van der Waals surface area contributed by atoms with Gasteiger partial charge in [0.25, 0.3) is 0 Å². The molecule has 25 heteroatoms. The summed E-state index contributed by atoms with van der Waals surface area (Å²) in [5.74, 6) is 0.771. The molecule has 0 amide bonds. The summed E-state index contributed by atoms with van der Waals surface area (Å²) in [6.07, 6.45) is 11.6. The van der Waals surface area contributed by atoms with Crippen molar-refractivity contribution in [3.05, 3.63) is 84.2 Å². The van der Waals surface area contributed by atoms with E-state index in [2.05, 4.69) is 19.9 Å². The normalized spacial score (nSPS) is 20.5.